The average molecular weight is 597 g/mol. The van der Waals surface area contributed by atoms with Gasteiger partial charge in [0.15, 0.2) is 0 Å². The summed E-state index contributed by atoms with van der Waals surface area (Å²) >= 11 is 0. The van der Waals surface area contributed by atoms with Crippen molar-refractivity contribution in [2.24, 2.45) is 0 Å². The van der Waals surface area contributed by atoms with Gasteiger partial charge in [-0.25, -0.2) is 0 Å². The Balaban J connectivity index is 1.33. The molecule has 0 saturated heterocycles. The number of unbranched alkanes of at least 4 members (excludes halogenated alkanes) is 18. The average Bonchev–Trinajstić information content (AvgIpc) is 3.70. The topological polar surface area (TPSA) is 9.86 Å². The molecular formula is C42H64N2. The fraction of sp³-hybridized carbons (Fsp3) is 0.571. The Kier molecular flexibility index (Phi) is 19.2. The van der Waals surface area contributed by atoms with Gasteiger partial charge in [-0.2, -0.15) is 0 Å². The molecular weight excluding hydrogens is 532 g/mol. The van der Waals surface area contributed by atoms with E-state index in [1.54, 1.807) is 0 Å². The molecule has 0 spiro atoms. The zero-order valence-electron chi connectivity index (χ0n) is 28.5. The van der Waals surface area contributed by atoms with Crippen molar-refractivity contribution in [1.29, 1.82) is 0 Å². The van der Waals surface area contributed by atoms with Crippen molar-refractivity contribution in [1.82, 2.24) is 9.13 Å². The standard InChI is InChI=1S/C42H64N2/c1-3-5-7-9-11-13-15-17-19-21-35-43-37-23-25-41(43)33-31-39-27-29-40(30-28-39)32-34-42-26-24-38-44(42)36-22-20-18-16-14-12-10-8-6-4-2/h23-34,37-38H,3-22,35-36H2,1-2H3/b33-31+,34-32+. The van der Waals surface area contributed by atoms with Crippen molar-refractivity contribution in [2.75, 3.05) is 0 Å². The van der Waals surface area contributed by atoms with Crippen LogP contribution in [0.2, 0.25) is 0 Å². The van der Waals surface area contributed by atoms with Crippen LogP contribution in [0.15, 0.2) is 60.9 Å². The SMILES string of the molecule is CCCCCCCCCCCCn1cccc1/C=C/c1ccc(/C=C/c2cccn2CCCCCCCCCCCC)cc1. The van der Waals surface area contributed by atoms with E-state index in [0.717, 1.165) is 13.1 Å². The van der Waals surface area contributed by atoms with Gasteiger partial charge < -0.3 is 9.13 Å². The number of nitrogens with zero attached hydrogens (tertiary/aromatic N) is 2. The highest BCUT2D eigenvalue weighted by Gasteiger charge is 2.00. The minimum Gasteiger partial charge on any atom is -0.348 e. The Hall–Kier alpha value is -2.74. The lowest BCUT2D eigenvalue weighted by atomic mass is 10.1. The molecule has 2 heterocycles. The van der Waals surface area contributed by atoms with Gasteiger partial charge in [-0.1, -0.05) is 166 Å². The van der Waals surface area contributed by atoms with Gasteiger partial charge in [0.05, 0.1) is 0 Å². The third-order valence-electron chi connectivity index (χ3n) is 9.06. The van der Waals surface area contributed by atoms with E-state index in [0.29, 0.717) is 0 Å². The summed E-state index contributed by atoms with van der Waals surface area (Å²) in [5, 5.41) is 0. The molecule has 1 aromatic carbocycles. The van der Waals surface area contributed by atoms with Gasteiger partial charge in [0.1, 0.15) is 0 Å². The quantitative estimate of drug-likeness (QED) is 0.0816. The van der Waals surface area contributed by atoms with Crippen molar-refractivity contribution in [3.8, 4) is 0 Å². The van der Waals surface area contributed by atoms with Crippen molar-refractivity contribution >= 4 is 24.3 Å². The molecule has 0 atom stereocenters. The summed E-state index contributed by atoms with van der Waals surface area (Å²) < 4.78 is 4.81. The van der Waals surface area contributed by atoms with E-state index >= 15 is 0 Å². The number of benzene rings is 1. The van der Waals surface area contributed by atoms with Gasteiger partial charge in [-0.05, 0) is 60.4 Å². The van der Waals surface area contributed by atoms with Crippen LogP contribution in [0.25, 0.3) is 24.3 Å². The molecule has 0 fully saturated rings. The second-order valence-electron chi connectivity index (χ2n) is 13.0. The molecule has 0 radical (unpaired) electrons. The largest absolute Gasteiger partial charge is 0.348 e. The third-order valence-corrected chi connectivity index (χ3v) is 9.06. The lowest BCUT2D eigenvalue weighted by Gasteiger charge is -2.07. The van der Waals surface area contributed by atoms with Crippen LogP contribution < -0.4 is 0 Å². The number of rotatable bonds is 26. The number of aromatic nitrogens is 2. The molecule has 2 heteroatoms. The lowest BCUT2D eigenvalue weighted by molar-refractivity contribution is 0.534. The minimum absolute atomic E-state index is 1.12. The first-order chi connectivity index (χ1) is 21.8. The highest BCUT2D eigenvalue weighted by Crippen LogP contribution is 2.17. The molecule has 0 aliphatic heterocycles. The first kappa shape index (κ1) is 35.7. The second-order valence-corrected chi connectivity index (χ2v) is 13.0. The fourth-order valence-electron chi connectivity index (χ4n) is 6.19. The third kappa shape index (κ3) is 15.3. The van der Waals surface area contributed by atoms with Crippen LogP contribution in [-0.2, 0) is 13.1 Å². The van der Waals surface area contributed by atoms with Gasteiger partial charge in [-0.3, -0.25) is 0 Å². The molecule has 3 rings (SSSR count). The van der Waals surface area contributed by atoms with E-state index in [-0.39, 0.29) is 0 Å². The van der Waals surface area contributed by atoms with Crippen LogP contribution in [0.5, 0.6) is 0 Å². The Bertz CT molecular complexity index is 1050. The summed E-state index contributed by atoms with van der Waals surface area (Å²) in [5.41, 5.74) is 5.09. The fourth-order valence-corrected chi connectivity index (χ4v) is 6.19. The Morgan fingerprint density at radius 1 is 0.386 bits per heavy atom. The number of hydrogen-bond acceptors (Lipinski definition) is 0. The van der Waals surface area contributed by atoms with Crippen LogP contribution in [0, 0.1) is 0 Å². The Morgan fingerprint density at radius 2 is 0.705 bits per heavy atom. The van der Waals surface area contributed by atoms with Crippen molar-refractivity contribution in [3.05, 3.63) is 83.4 Å². The van der Waals surface area contributed by atoms with Gasteiger partial charge >= 0.3 is 0 Å². The molecule has 0 aliphatic rings. The van der Waals surface area contributed by atoms with Gasteiger partial charge in [0.25, 0.3) is 0 Å². The summed E-state index contributed by atoms with van der Waals surface area (Å²) in [6.45, 7) is 6.82. The smallest absolute Gasteiger partial charge is 0.0406 e. The van der Waals surface area contributed by atoms with Crippen molar-refractivity contribution in [3.63, 3.8) is 0 Å². The molecule has 2 aromatic heterocycles. The van der Waals surface area contributed by atoms with Crippen LogP contribution >= 0.6 is 0 Å². The predicted octanol–water partition coefficient (Wildman–Crippen LogP) is 13.5. The van der Waals surface area contributed by atoms with Gasteiger partial charge in [-0.15, -0.1) is 0 Å². The highest BCUT2D eigenvalue weighted by atomic mass is 15.0. The molecule has 2 nitrogen and oxygen atoms in total. The molecule has 0 unspecified atom stereocenters. The van der Waals surface area contributed by atoms with E-state index in [4.69, 9.17) is 0 Å². The molecule has 0 amide bonds. The maximum absolute atomic E-state index is 2.41. The van der Waals surface area contributed by atoms with E-state index < -0.39 is 0 Å². The summed E-state index contributed by atoms with van der Waals surface area (Å²) in [6, 6.07) is 17.7. The van der Waals surface area contributed by atoms with Crippen molar-refractivity contribution in [2.45, 2.75) is 155 Å². The molecule has 44 heavy (non-hydrogen) atoms. The Morgan fingerprint density at radius 3 is 1.05 bits per heavy atom. The summed E-state index contributed by atoms with van der Waals surface area (Å²) in [5.74, 6) is 0. The molecule has 242 valence electrons. The first-order valence-corrected chi connectivity index (χ1v) is 18.6. The first-order valence-electron chi connectivity index (χ1n) is 18.6. The van der Waals surface area contributed by atoms with Crippen LogP contribution in [0.3, 0.4) is 0 Å². The molecule has 3 aromatic rings. The monoisotopic (exact) mass is 597 g/mol. The summed E-state index contributed by atoms with van der Waals surface area (Å²) in [4.78, 5) is 0. The minimum atomic E-state index is 1.12. The maximum atomic E-state index is 2.41. The molecule has 0 saturated carbocycles. The van der Waals surface area contributed by atoms with Gasteiger partial charge in [0, 0.05) is 36.9 Å². The predicted molar refractivity (Wildman–Crippen MR) is 197 cm³/mol. The zero-order valence-corrected chi connectivity index (χ0v) is 28.5. The molecule has 0 N–H and O–H groups in total. The normalized spacial score (nSPS) is 11.9. The van der Waals surface area contributed by atoms with Crippen molar-refractivity contribution < 1.29 is 0 Å². The van der Waals surface area contributed by atoms with E-state index in [1.807, 2.05) is 0 Å². The van der Waals surface area contributed by atoms with E-state index in [9.17, 15) is 0 Å². The van der Waals surface area contributed by atoms with Crippen LogP contribution in [-0.4, -0.2) is 9.13 Å². The molecule has 0 aliphatic carbocycles. The van der Waals surface area contributed by atoms with E-state index in [1.165, 1.54) is 151 Å². The molecule has 0 bridgehead atoms. The Labute approximate surface area is 271 Å². The zero-order chi connectivity index (χ0) is 30.9. The van der Waals surface area contributed by atoms with Crippen LogP contribution in [0.1, 0.15) is 165 Å². The van der Waals surface area contributed by atoms with Gasteiger partial charge in [0.2, 0.25) is 0 Å². The number of hydrogen-bond donors (Lipinski definition) is 0. The highest BCUT2D eigenvalue weighted by molar-refractivity contribution is 5.72. The number of aryl methyl sites for hydroxylation is 2. The summed E-state index contributed by atoms with van der Waals surface area (Å²) in [7, 11) is 0. The van der Waals surface area contributed by atoms with E-state index in [2.05, 4.69) is 108 Å². The lowest BCUT2D eigenvalue weighted by Crippen LogP contribution is -1.98. The van der Waals surface area contributed by atoms with Crippen LogP contribution in [0.4, 0.5) is 0 Å². The second kappa shape index (κ2) is 23.6. The summed E-state index contributed by atoms with van der Waals surface area (Å²) in [6.07, 6.45) is 41.2. The maximum Gasteiger partial charge on any atom is 0.0406 e.